The molecule has 2 unspecified atom stereocenters. The number of carbonyl (C=O) groups is 1. The van der Waals surface area contributed by atoms with Gasteiger partial charge in [0.25, 0.3) is 0 Å². The summed E-state index contributed by atoms with van der Waals surface area (Å²) in [6.45, 7) is 9.75. The van der Waals surface area contributed by atoms with Crippen LogP contribution < -0.4 is 0 Å². The van der Waals surface area contributed by atoms with Crippen LogP contribution in [0.3, 0.4) is 0 Å². The Morgan fingerprint density at radius 3 is 2.14 bits per heavy atom. The lowest BCUT2D eigenvalue weighted by atomic mass is 9.96. The molecule has 14 heavy (non-hydrogen) atoms. The largest absolute Gasteiger partial charge is 0.435 e. The van der Waals surface area contributed by atoms with E-state index in [-0.39, 0.29) is 17.3 Å². The van der Waals surface area contributed by atoms with Gasteiger partial charge in [-0.15, -0.1) is 0 Å². The maximum Gasteiger partial charge on any atom is 0.310 e. The summed E-state index contributed by atoms with van der Waals surface area (Å²) >= 11 is 0. The number of hydrogen-bond donors (Lipinski definition) is 0. The summed E-state index contributed by atoms with van der Waals surface area (Å²) < 4.78 is 10.4. The Morgan fingerprint density at radius 2 is 1.86 bits per heavy atom. The smallest absolute Gasteiger partial charge is 0.310 e. The summed E-state index contributed by atoms with van der Waals surface area (Å²) in [5.41, 5.74) is -0.183. The second-order valence-corrected chi connectivity index (χ2v) is 4.68. The fourth-order valence-electron chi connectivity index (χ4n) is 0.967. The second-order valence-electron chi connectivity index (χ2n) is 4.68. The Labute approximate surface area is 86.8 Å². The fourth-order valence-corrected chi connectivity index (χ4v) is 0.967. The number of carbonyl (C=O) groups excluding carboxylic acids is 1. The van der Waals surface area contributed by atoms with E-state index in [1.807, 2.05) is 34.6 Å². The van der Waals surface area contributed by atoms with Gasteiger partial charge in [-0.05, 0) is 6.42 Å². The van der Waals surface area contributed by atoms with Gasteiger partial charge in [0.2, 0.25) is 6.29 Å². The molecule has 2 atom stereocenters. The molecule has 0 aromatic carbocycles. The first kappa shape index (κ1) is 13.4. The predicted octanol–water partition coefficient (Wildman–Crippen LogP) is 2.59. The summed E-state index contributed by atoms with van der Waals surface area (Å²) in [5, 5.41) is 0. The first-order valence-corrected chi connectivity index (χ1v) is 5.06. The van der Waals surface area contributed by atoms with Crippen molar-refractivity contribution in [1.82, 2.24) is 0 Å². The van der Waals surface area contributed by atoms with E-state index in [0.717, 1.165) is 6.42 Å². The van der Waals surface area contributed by atoms with Crippen molar-refractivity contribution >= 4 is 5.97 Å². The number of hydrogen-bond acceptors (Lipinski definition) is 3. The average Bonchev–Trinajstić information content (AvgIpc) is 2.10. The van der Waals surface area contributed by atoms with Gasteiger partial charge in [0.05, 0.1) is 5.92 Å². The van der Waals surface area contributed by atoms with Crippen LogP contribution in [0.5, 0.6) is 0 Å². The summed E-state index contributed by atoms with van der Waals surface area (Å²) in [4.78, 5) is 11.5. The molecule has 0 saturated heterocycles. The molecular weight excluding hydrogens is 180 g/mol. The summed E-state index contributed by atoms with van der Waals surface area (Å²) in [6.07, 6.45) is 0.323. The van der Waals surface area contributed by atoms with E-state index in [1.165, 1.54) is 0 Å². The minimum Gasteiger partial charge on any atom is -0.435 e. The quantitative estimate of drug-likeness (QED) is 0.519. The molecule has 0 saturated carbocycles. The number of rotatable bonds is 4. The van der Waals surface area contributed by atoms with E-state index in [0.29, 0.717) is 0 Å². The van der Waals surface area contributed by atoms with Crippen molar-refractivity contribution in [3.63, 3.8) is 0 Å². The van der Waals surface area contributed by atoms with E-state index in [1.54, 1.807) is 7.11 Å². The highest BCUT2D eigenvalue weighted by atomic mass is 16.7. The molecule has 0 aliphatic carbocycles. The van der Waals surface area contributed by atoms with Crippen LogP contribution in [-0.2, 0) is 14.3 Å². The van der Waals surface area contributed by atoms with Crippen molar-refractivity contribution in [3.8, 4) is 0 Å². The molecule has 0 radical (unpaired) electrons. The number of ether oxygens (including phenoxy) is 2. The summed E-state index contributed by atoms with van der Waals surface area (Å²) in [5.74, 6) is -0.246. The van der Waals surface area contributed by atoms with Crippen LogP contribution in [0.2, 0.25) is 0 Å². The first-order valence-electron chi connectivity index (χ1n) is 5.06. The summed E-state index contributed by atoms with van der Waals surface area (Å²) in [7, 11) is 1.56. The van der Waals surface area contributed by atoms with Gasteiger partial charge in [-0.2, -0.15) is 0 Å². The van der Waals surface area contributed by atoms with Gasteiger partial charge in [-0.1, -0.05) is 34.6 Å². The monoisotopic (exact) mass is 202 g/mol. The van der Waals surface area contributed by atoms with E-state index < -0.39 is 6.29 Å². The summed E-state index contributed by atoms with van der Waals surface area (Å²) in [6, 6.07) is 0. The molecule has 3 heteroatoms. The molecule has 0 spiro atoms. The Morgan fingerprint density at radius 1 is 1.36 bits per heavy atom. The van der Waals surface area contributed by atoms with Crippen LogP contribution in [0.1, 0.15) is 41.0 Å². The Bertz CT molecular complexity index is 181. The zero-order chi connectivity index (χ0) is 11.4. The van der Waals surface area contributed by atoms with E-state index >= 15 is 0 Å². The van der Waals surface area contributed by atoms with Crippen molar-refractivity contribution in [2.45, 2.75) is 47.3 Å². The third kappa shape index (κ3) is 4.09. The molecular formula is C11H22O3. The predicted molar refractivity (Wildman–Crippen MR) is 55.8 cm³/mol. The second kappa shape index (κ2) is 5.35. The van der Waals surface area contributed by atoms with Crippen molar-refractivity contribution in [2.75, 3.05) is 7.11 Å². The molecule has 0 heterocycles. The molecule has 0 bridgehead atoms. The normalized spacial score (nSPS) is 16.1. The van der Waals surface area contributed by atoms with E-state index in [4.69, 9.17) is 9.47 Å². The number of methoxy groups -OCH3 is 1. The van der Waals surface area contributed by atoms with Crippen molar-refractivity contribution < 1.29 is 14.3 Å². The zero-order valence-corrected chi connectivity index (χ0v) is 10.1. The molecule has 3 nitrogen and oxygen atoms in total. The topological polar surface area (TPSA) is 35.5 Å². The molecule has 0 fully saturated rings. The van der Waals surface area contributed by atoms with Gasteiger partial charge in [0.1, 0.15) is 0 Å². The van der Waals surface area contributed by atoms with E-state index in [2.05, 4.69) is 0 Å². The van der Waals surface area contributed by atoms with Crippen molar-refractivity contribution in [2.24, 2.45) is 11.3 Å². The molecule has 0 aliphatic heterocycles. The van der Waals surface area contributed by atoms with Crippen LogP contribution in [0.25, 0.3) is 0 Å². The van der Waals surface area contributed by atoms with Gasteiger partial charge < -0.3 is 9.47 Å². The lowest BCUT2D eigenvalue weighted by molar-refractivity contribution is -0.199. The Hall–Kier alpha value is -0.570. The van der Waals surface area contributed by atoms with Gasteiger partial charge in [-0.3, -0.25) is 4.79 Å². The Kier molecular flexibility index (Phi) is 5.13. The van der Waals surface area contributed by atoms with Gasteiger partial charge in [0, 0.05) is 12.5 Å². The third-order valence-corrected chi connectivity index (χ3v) is 2.16. The zero-order valence-electron chi connectivity index (χ0n) is 10.1. The van der Waals surface area contributed by atoms with Gasteiger partial charge >= 0.3 is 5.97 Å². The molecule has 0 amide bonds. The van der Waals surface area contributed by atoms with E-state index in [9.17, 15) is 4.79 Å². The molecule has 0 aromatic rings. The van der Waals surface area contributed by atoms with Crippen molar-refractivity contribution in [1.29, 1.82) is 0 Å². The van der Waals surface area contributed by atoms with Crippen LogP contribution in [0, 0.1) is 11.3 Å². The van der Waals surface area contributed by atoms with Crippen LogP contribution in [-0.4, -0.2) is 19.4 Å². The lowest BCUT2D eigenvalue weighted by Crippen LogP contribution is -2.34. The lowest BCUT2D eigenvalue weighted by Gasteiger charge is -2.29. The van der Waals surface area contributed by atoms with Gasteiger partial charge in [0.15, 0.2) is 0 Å². The third-order valence-electron chi connectivity index (χ3n) is 2.16. The standard InChI is InChI=1S/C11H22O3/c1-7-8(2)9(12)14-10(13-6)11(3,4)5/h8,10H,7H2,1-6H3. The molecule has 0 aromatic heterocycles. The highest BCUT2D eigenvalue weighted by molar-refractivity contribution is 5.72. The molecule has 0 rings (SSSR count). The maximum atomic E-state index is 11.5. The highest BCUT2D eigenvalue weighted by Gasteiger charge is 2.29. The van der Waals surface area contributed by atoms with Crippen molar-refractivity contribution in [3.05, 3.63) is 0 Å². The van der Waals surface area contributed by atoms with Gasteiger partial charge in [-0.25, -0.2) is 0 Å². The van der Waals surface area contributed by atoms with Crippen LogP contribution >= 0.6 is 0 Å². The minimum atomic E-state index is -0.469. The molecule has 0 aliphatic rings. The Balaban J connectivity index is 4.26. The fraction of sp³-hybridized carbons (Fsp3) is 0.909. The minimum absolute atomic E-state index is 0.0602. The van der Waals surface area contributed by atoms with Crippen LogP contribution in [0.4, 0.5) is 0 Å². The average molecular weight is 202 g/mol. The maximum absolute atomic E-state index is 11.5. The molecule has 0 N–H and O–H groups in total. The highest BCUT2D eigenvalue weighted by Crippen LogP contribution is 2.23. The first-order chi connectivity index (χ1) is 6.32. The SMILES string of the molecule is CCC(C)C(=O)OC(OC)C(C)(C)C. The van der Waals surface area contributed by atoms with Crippen LogP contribution in [0.15, 0.2) is 0 Å². The molecule has 84 valence electrons. The number of esters is 1.